The van der Waals surface area contributed by atoms with Crippen LogP contribution < -0.4 is 16.5 Å². The highest BCUT2D eigenvalue weighted by Crippen LogP contribution is 2.59. The van der Waals surface area contributed by atoms with Gasteiger partial charge in [0.25, 0.3) is 5.91 Å². The number of amides is 3. The van der Waals surface area contributed by atoms with Crippen LogP contribution >= 0.6 is 15.9 Å². The highest BCUT2D eigenvalue weighted by atomic mass is 79.9. The second kappa shape index (κ2) is 9.76. The number of carbonyl (C=O) groups is 3. The first kappa shape index (κ1) is 27.1. The Morgan fingerprint density at radius 2 is 1.88 bits per heavy atom. The lowest BCUT2D eigenvalue weighted by molar-refractivity contribution is -0.138. The van der Waals surface area contributed by atoms with Crippen molar-refractivity contribution in [1.29, 1.82) is 0 Å². The van der Waals surface area contributed by atoms with Crippen LogP contribution in [0.4, 0.5) is 5.82 Å². The fourth-order valence-corrected chi connectivity index (χ4v) is 6.28. The Labute approximate surface area is 245 Å². The van der Waals surface area contributed by atoms with E-state index in [1.54, 1.807) is 23.4 Å². The molecule has 1 saturated carbocycles. The van der Waals surface area contributed by atoms with Crippen LogP contribution in [-0.2, 0) is 16.1 Å². The summed E-state index contributed by atoms with van der Waals surface area (Å²) < 4.78 is 2.12. The Hall–Kier alpha value is -4.13. The third-order valence-corrected chi connectivity index (χ3v) is 8.76. The van der Waals surface area contributed by atoms with Gasteiger partial charge in [-0.05, 0) is 71.3 Å². The molecule has 2 aliphatic rings. The molecule has 1 aliphatic heterocycles. The van der Waals surface area contributed by atoms with E-state index in [2.05, 4.69) is 48.2 Å². The molecular weight excluding hydrogens is 587 g/mol. The molecule has 3 aromatic heterocycles. The zero-order chi connectivity index (χ0) is 29.2. The summed E-state index contributed by atoms with van der Waals surface area (Å²) in [4.78, 5) is 54.4. The lowest BCUT2D eigenvalue weighted by Crippen LogP contribution is -2.47. The zero-order valence-electron chi connectivity index (χ0n) is 23.1. The van der Waals surface area contributed by atoms with Crippen LogP contribution in [0.5, 0.6) is 0 Å². The van der Waals surface area contributed by atoms with E-state index in [1.807, 2.05) is 39.9 Å². The Morgan fingerprint density at radius 3 is 2.59 bits per heavy atom. The summed E-state index contributed by atoms with van der Waals surface area (Å²) in [5.74, 6) is -0.0993. The van der Waals surface area contributed by atoms with E-state index in [-0.39, 0.29) is 35.5 Å². The SMILES string of the molecule is Bc1c(-c2cnc(C)nc2)ccc2c1c(C(N)=O)nn2CC(=O)N1C(C(=O)Nc2nc(Br)ccc2C)C[C@@]2(C)C[C@@H]12. The number of carbonyl (C=O) groups excluding carboxylic acids is 3. The summed E-state index contributed by atoms with van der Waals surface area (Å²) in [6.45, 7) is 5.63. The maximum Gasteiger partial charge on any atom is 0.269 e. The van der Waals surface area contributed by atoms with E-state index < -0.39 is 11.9 Å². The van der Waals surface area contributed by atoms with Crippen molar-refractivity contribution in [2.45, 2.75) is 52.2 Å². The molecule has 1 saturated heterocycles. The van der Waals surface area contributed by atoms with Crippen LogP contribution in [0.1, 0.15) is 41.6 Å². The minimum absolute atomic E-state index is 0.0328. The number of likely N-dealkylation sites (tertiary alicyclic amines) is 1. The minimum atomic E-state index is -0.688. The molecule has 3 atom stereocenters. The molecular formula is C28H28BBrN8O3. The van der Waals surface area contributed by atoms with Crippen LogP contribution in [0.3, 0.4) is 0 Å². The molecule has 6 rings (SSSR count). The number of hydrogen-bond acceptors (Lipinski definition) is 7. The fourth-order valence-electron chi connectivity index (χ4n) is 5.97. The molecule has 13 heteroatoms. The van der Waals surface area contributed by atoms with E-state index in [1.165, 1.54) is 4.68 Å². The fraction of sp³-hybridized carbons (Fsp3) is 0.321. The van der Waals surface area contributed by atoms with Crippen LogP contribution in [0.15, 0.2) is 41.3 Å². The molecule has 0 spiro atoms. The molecule has 208 valence electrons. The predicted molar refractivity (Wildman–Crippen MR) is 159 cm³/mol. The number of benzene rings is 1. The summed E-state index contributed by atoms with van der Waals surface area (Å²) >= 11 is 3.35. The molecule has 41 heavy (non-hydrogen) atoms. The molecule has 4 aromatic rings. The zero-order valence-corrected chi connectivity index (χ0v) is 24.7. The Kier molecular flexibility index (Phi) is 6.44. The molecule has 3 N–H and O–H groups in total. The predicted octanol–water partition coefficient (Wildman–Crippen LogP) is 1.64. The number of fused-ring (bicyclic) bond motifs is 2. The largest absolute Gasteiger partial charge is 0.364 e. The van der Waals surface area contributed by atoms with Gasteiger partial charge in [-0.1, -0.05) is 24.5 Å². The highest BCUT2D eigenvalue weighted by Gasteiger charge is 2.64. The van der Waals surface area contributed by atoms with Gasteiger partial charge in [0.2, 0.25) is 11.8 Å². The molecule has 4 heterocycles. The van der Waals surface area contributed by atoms with Gasteiger partial charge in [0.1, 0.15) is 36.7 Å². The van der Waals surface area contributed by atoms with Gasteiger partial charge in [-0.15, -0.1) is 0 Å². The van der Waals surface area contributed by atoms with Crippen molar-refractivity contribution < 1.29 is 14.4 Å². The number of piperidine rings is 1. The summed E-state index contributed by atoms with van der Waals surface area (Å²) in [5, 5.41) is 7.96. The highest BCUT2D eigenvalue weighted by molar-refractivity contribution is 9.10. The Bertz CT molecular complexity index is 1760. The number of aryl methyl sites for hydroxylation is 2. The Balaban J connectivity index is 1.32. The van der Waals surface area contributed by atoms with Gasteiger partial charge < -0.3 is 16.0 Å². The maximum absolute atomic E-state index is 13.8. The lowest BCUT2D eigenvalue weighted by atomic mass is 9.84. The van der Waals surface area contributed by atoms with Crippen molar-refractivity contribution in [2.75, 3.05) is 5.32 Å². The van der Waals surface area contributed by atoms with E-state index >= 15 is 0 Å². The first-order chi connectivity index (χ1) is 19.5. The van der Waals surface area contributed by atoms with Crippen molar-refractivity contribution >= 4 is 63.7 Å². The molecule has 1 aliphatic carbocycles. The molecule has 0 radical (unpaired) electrons. The molecule has 11 nitrogen and oxygen atoms in total. The van der Waals surface area contributed by atoms with Gasteiger partial charge in [0.05, 0.1) is 5.52 Å². The van der Waals surface area contributed by atoms with Gasteiger partial charge >= 0.3 is 0 Å². The maximum atomic E-state index is 13.8. The number of anilines is 1. The number of rotatable bonds is 6. The number of primary amides is 1. The standard InChI is InChI=1S/C28H28BBrN8O3/c1-13-4-7-20(30)34-26(13)35-27(41)18-8-28(3)9-19(28)38(18)21(39)12-37-17-6-5-16(15-10-32-14(2)33-11-15)23(29)22(17)24(36-37)25(31)40/h4-7,10-11,18-19H,8-9,12,29H2,1-3H3,(H2,31,40)(H,34,35,41)/t18?,19-,28+/m1/s1. The van der Waals surface area contributed by atoms with Crippen LogP contribution in [0.2, 0.25) is 0 Å². The second-order valence-corrected chi connectivity index (χ2v) is 12.0. The molecule has 3 amide bonds. The second-order valence-electron chi connectivity index (χ2n) is 11.2. The van der Waals surface area contributed by atoms with Gasteiger partial charge in [-0.3, -0.25) is 19.1 Å². The number of nitrogens with two attached hydrogens (primary N) is 1. The minimum Gasteiger partial charge on any atom is -0.364 e. The van der Waals surface area contributed by atoms with Gasteiger partial charge in [-0.2, -0.15) is 5.10 Å². The summed E-state index contributed by atoms with van der Waals surface area (Å²) in [7, 11) is 1.88. The number of hydrogen-bond donors (Lipinski definition) is 2. The smallest absolute Gasteiger partial charge is 0.269 e. The normalized spacial score (nSPS) is 21.1. The topological polar surface area (TPSA) is 149 Å². The molecule has 1 aromatic carbocycles. The first-order valence-corrected chi connectivity index (χ1v) is 14.1. The summed E-state index contributed by atoms with van der Waals surface area (Å²) in [5.41, 5.74) is 9.56. The number of nitrogens with zero attached hydrogens (tertiary/aromatic N) is 6. The van der Waals surface area contributed by atoms with Crippen LogP contribution in [0.25, 0.3) is 22.0 Å². The number of aromatic nitrogens is 5. The number of pyridine rings is 1. The van der Waals surface area contributed by atoms with E-state index in [9.17, 15) is 14.4 Å². The third kappa shape index (κ3) is 4.67. The number of halogens is 1. The van der Waals surface area contributed by atoms with Crippen molar-refractivity contribution in [3.63, 3.8) is 0 Å². The number of nitrogens with one attached hydrogen (secondary N) is 1. The molecule has 0 bridgehead atoms. The van der Waals surface area contributed by atoms with E-state index in [0.29, 0.717) is 33.6 Å². The molecule has 2 fully saturated rings. The van der Waals surface area contributed by atoms with Crippen molar-refractivity contribution in [3.05, 3.63) is 58.3 Å². The average molecular weight is 615 g/mol. The van der Waals surface area contributed by atoms with Crippen molar-refractivity contribution in [2.24, 2.45) is 11.1 Å². The summed E-state index contributed by atoms with van der Waals surface area (Å²) in [6, 6.07) is 6.72. The first-order valence-electron chi connectivity index (χ1n) is 13.3. The third-order valence-electron chi connectivity index (χ3n) is 8.32. The quantitative estimate of drug-likeness (QED) is 0.248. The van der Waals surface area contributed by atoms with Gasteiger partial charge in [0.15, 0.2) is 5.69 Å². The average Bonchev–Trinajstić information content (AvgIpc) is 3.28. The summed E-state index contributed by atoms with van der Waals surface area (Å²) in [6.07, 6.45) is 4.86. The lowest BCUT2D eigenvalue weighted by Gasteiger charge is -2.27. The Morgan fingerprint density at radius 1 is 1.15 bits per heavy atom. The van der Waals surface area contributed by atoms with E-state index in [4.69, 9.17) is 5.73 Å². The van der Waals surface area contributed by atoms with Crippen LogP contribution in [0, 0.1) is 19.3 Å². The van der Waals surface area contributed by atoms with E-state index in [0.717, 1.165) is 28.6 Å². The van der Waals surface area contributed by atoms with Crippen molar-refractivity contribution in [3.8, 4) is 11.1 Å². The monoisotopic (exact) mass is 614 g/mol. The van der Waals surface area contributed by atoms with Gasteiger partial charge in [-0.25, -0.2) is 15.0 Å². The van der Waals surface area contributed by atoms with Gasteiger partial charge in [0, 0.05) is 29.4 Å². The van der Waals surface area contributed by atoms with Crippen LogP contribution in [-0.4, -0.2) is 67.3 Å². The molecule has 1 unspecified atom stereocenters. The van der Waals surface area contributed by atoms with Crippen molar-refractivity contribution in [1.82, 2.24) is 29.6 Å².